The molecular weight excluding hydrogens is 310 g/mol. The molecule has 2 aromatic heterocycles. The van der Waals surface area contributed by atoms with Crippen molar-refractivity contribution < 1.29 is 9.21 Å². The van der Waals surface area contributed by atoms with Gasteiger partial charge in [-0.2, -0.15) is 0 Å². The molecule has 6 heteroatoms. The highest BCUT2D eigenvalue weighted by Gasteiger charge is 2.47. The van der Waals surface area contributed by atoms with Crippen molar-refractivity contribution in [3.63, 3.8) is 0 Å². The quantitative estimate of drug-likeness (QED) is 0.864. The normalized spacial score (nSPS) is 24.8. The fourth-order valence-corrected chi connectivity index (χ4v) is 3.96. The molecule has 1 saturated carbocycles. The van der Waals surface area contributed by atoms with Crippen molar-refractivity contribution >= 4 is 17.2 Å². The van der Waals surface area contributed by atoms with Crippen molar-refractivity contribution in [2.45, 2.75) is 25.8 Å². The summed E-state index contributed by atoms with van der Waals surface area (Å²) in [6.07, 6.45) is 2.62. The van der Waals surface area contributed by atoms with Gasteiger partial charge in [0.15, 0.2) is 0 Å². The first-order chi connectivity index (χ1) is 11.2. The Hall–Kier alpha value is -1.66. The van der Waals surface area contributed by atoms with Crippen LogP contribution in [0.3, 0.4) is 0 Å². The number of hydrogen-bond acceptors (Lipinski definition) is 5. The minimum atomic E-state index is 0.133. The summed E-state index contributed by atoms with van der Waals surface area (Å²) in [7, 11) is 0. The minimum Gasteiger partial charge on any atom is -0.469 e. The maximum absolute atomic E-state index is 12.6. The average Bonchev–Trinajstić information content (AvgIpc) is 2.96. The van der Waals surface area contributed by atoms with Gasteiger partial charge in [-0.1, -0.05) is 0 Å². The van der Waals surface area contributed by atoms with Crippen molar-refractivity contribution in [3.8, 4) is 0 Å². The van der Waals surface area contributed by atoms with Gasteiger partial charge in [-0.15, -0.1) is 11.3 Å². The molecular formula is C17H21N3O2S. The van der Waals surface area contributed by atoms with E-state index in [-0.39, 0.29) is 5.92 Å². The molecule has 2 aromatic rings. The monoisotopic (exact) mass is 331 g/mol. The minimum absolute atomic E-state index is 0.133. The molecule has 0 N–H and O–H groups in total. The molecule has 1 amide bonds. The molecule has 3 heterocycles. The van der Waals surface area contributed by atoms with E-state index in [1.54, 1.807) is 17.6 Å². The summed E-state index contributed by atoms with van der Waals surface area (Å²) < 4.78 is 5.43. The van der Waals surface area contributed by atoms with Crippen molar-refractivity contribution in [1.29, 1.82) is 0 Å². The van der Waals surface area contributed by atoms with Crippen LogP contribution < -0.4 is 0 Å². The van der Waals surface area contributed by atoms with Gasteiger partial charge in [0.05, 0.1) is 17.0 Å². The van der Waals surface area contributed by atoms with Crippen molar-refractivity contribution in [2.24, 2.45) is 5.92 Å². The molecule has 0 bridgehead atoms. The summed E-state index contributed by atoms with van der Waals surface area (Å²) in [5, 5.41) is 3.25. The zero-order chi connectivity index (χ0) is 15.8. The number of rotatable bonds is 4. The van der Waals surface area contributed by atoms with Crippen molar-refractivity contribution in [2.75, 3.05) is 26.2 Å². The zero-order valence-corrected chi connectivity index (χ0v) is 14.1. The number of amides is 1. The molecule has 2 aliphatic rings. The van der Waals surface area contributed by atoms with Crippen molar-refractivity contribution in [1.82, 2.24) is 14.8 Å². The van der Waals surface area contributed by atoms with Crippen LogP contribution in [0.25, 0.3) is 0 Å². The lowest BCUT2D eigenvalue weighted by molar-refractivity contribution is -0.134. The van der Waals surface area contributed by atoms with E-state index in [4.69, 9.17) is 4.42 Å². The molecule has 1 saturated heterocycles. The molecule has 0 aromatic carbocycles. The zero-order valence-electron chi connectivity index (χ0n) is 13.3. The summed E-state index contributed by atoms with van der Waals surface area (Å²) in [4.78, 5) is 21.5. The van der Waals surface area contributed by atoms with E-state index in [1.807, 2.05) is 24.0 Å². The van der Waals surface area contributed by atoms with Gasteiger partial charge in [-0.25, -0.2) is 4.98 Å². The highest BCUT2D eigenvalue weighted by Crippen LogP contribution is 2.48. The van der Waals surface area contributed by atoms with Crippen LogP contribution in [0, 0.1) is 12.8 Å². The van der Waals surface area contributed by atoms with Gasteiger partial charge in [0.1, 0.15) is 5.76 Å². The number of carbonyl (C=O) groups is 1. The third kappa shape index (κ3) is 3.19. The smallest absolute Gasteiger partial charge is 0.226 e. The predicted octanol–water partition coefficient (Wildman–Crippen LogP) is 2.49. The van der Waals surface area contributed by atoms with E-state index in [0.717, 1.165) is 55.6 Å². The van der Waals surface area contributed by atoms with Gasteiger partial charge < -0.3 is 9.32 Å². The number of furan rings is 1. The fourth-order valence-electron chi connectivity index (χ4n) is 3.36. The van der Waals surface area contributed by atoms with Crippen LogP contribution in [0.1, 0.15) is 28.8 Å². The lowest BCUT2D eigenvalue weighted by Crippen LogP contribution is -2.48. The summed E-state index contributed by atoms with van der Waals surface area (Å²) in [5.74, 6) is 1.69. The van der Waals surface area contributed by atoms with E-state index in [9.17, 15) is 4.79 Å². The van der Waals surface area contributed by atoms with Gasteiger partial charge in [0.2, 0.25) is 5.91 Å². The molecule has 4 rings (SSSR count). The van der Waals surface area contributed by atoms with Crippen LogP contribution in [-0.2, 0) is 11.3 Å². The number of aromatic nitrogens is 1. The summed E-state index contributed by atoms with van der Waals surface area (Å²) in [5.41, 5.74) is 1.15. The third-order valence-electron chi connectivity index (χ3n) is 4.75. The molecule has 122 valence electrons. The Morgan fingerprint density at radius 3 is 2.87 bits per heavy atom. The number of thiazole rings is 1. The molecule has 2 fully saturated rings. The molecule has 0 radical (unpaired) electrons. The van der Waals surface area contributed by atoms with Gasteiger partial charge in [-0.3, -0.25) is 9.69 Å². The van der Waals surface area contributed by atoms with E-state index in [2.05, 4.69) is 15.3 Å². The number of carbonyl (C=O) groups excluding carboxylic acids is 1. The molecule has 0 spiro atoms. The Bertz CT molecular complexity index is 674. The van der Waals surface area contributed by atoms with Crippen LogP contribution >= 0.6 is 11.3 Å². The van der Waals surface area contributed by atoms with Crippen LogP contribution in [0.5, 0.6) is 0 Å². The van der Waals surface area contributed by atoms with Gasteiger partial charge in [0.25, 0.3) is 0 Å². The van der Waals surface area contributed by atoms with Gasteiger partial charge in [-0.05, 0) is 25.5 Å². The number of piperazine rings is 1. The number of nitrogens with zero attached hydrogens (tertiary/aromatic N) is 3. The standard InChI is InChI=1S/C17H21N3O2S/c1-12-18-13(11-23-12)10-19-4-6-20(7-5-19)17(21)15-9-14(15)16-3-2-8-22-16/h2-3,8,11,14-15H,4-7,9-10H2,1H3/t14-,15-/m0/s1. The van der Waals surface area contributed by atoms with Crippen LogP contribution in [-0.4, -0.2) is 46.9 Å². The Morgan fingerprint density at radius 2 is 2.22 bits per heavy atom. The average molecular weight is 331 g/mol. The number of hydrogen-bond donors (Lipinski definition) is 0. The Morgan fingerprint density at radius 1 is 1.39 bits per heavy atom. The Balaban J connectivity index is 1.27. The van der Waals surface area contributed by atoms with E-state index in [1.165, 1.54) is 0 Å². The Labute approximate surface area is 139 Å². The highest BCUT2D eigenvalue weighted by molar-refractivity contribution is 7.09. The fraction of sp³-hybridized carbons (Fsp3) is 0.529. The molecule has 23 heavy (non-hydrogen) atoms. The van der Waals surface area contributed by atoms with Gasteiger partial charge in [0, 0.05) is 49.9 Å². The second kappa shape index (κ2) is 6.09. The molecule has 1 aliphatic heterocycles. The third-order valence-corrected chi connectivity index (χ3v) is 5.57. The maximum Gasteiger partial charge on any atom is 0.226 e. The second-order valence-corrected chi connectivity index (χ2v) is 7.49. The Kier molecular flexibility index (Phi) is 3.95. The molecule has 1 aliphatic carbocycles. The summed E-state index contributed by atoms with van der Waals surface area (Å²) >= 11 is 1.70. The van der Waals surface area contributed by atoms with E-state index in [0.29, 0.717) is 11.8 Å². The van der Waals surface area contributed by atoms with Crippen molar-refractivity contribution in [3.05, 3.63) is 40.2 Å². The SMILES string of the molecule is Cc1nc(CN2CCN(C(=O)[C@H]3C[C@@H]3c3ccco3)CC2)cs1. The second-order valence-electron chi connectivity index (χ2n) is 6.42. The molecule has 2 atom stereocenters. The maximum atomic E-state index is 12.6. The lowest BCUT2D eigenvalue weighted by Gasteiger charge is -2.34. The van der Waals surface area contributed by atoms with Crippen LogP contribution in [0.4, 0.5) is 0 Å². The first kappa shape index (κ1) is 14.9. The van der Waals surface area contributed by atoms with E-state index >= 15 is 0 Å². The largest absolute Gasteiger partial charge is 0.469 e. The first-order valence-corrected chi connectivity index (χ1v) is 9.04. The topological polar surface area (TPSA) is 49.6 Å². The molecule has 5 nitrogen and oxygen atoms in total. The van der Waals surface area contributed by atoms with Crippen LogP contribution in [0.15, 0.2) is 28.2 Å². The lowest BCUT2D eigenvalue weighted by atomic mass is 10.2. The summed E-state index contributed by atoms with van der Waals surface area (Å²) in [6, 6.07) is 3.87. The summed E-state index contributed by atoms with van der Waals surface area (Å²) in [6.45, 7) is 6.44. The predicted molar refractivity (Wildman–Crippen MR) is 88.3 cm³/mol. The highest BCUT2D eigenvalue weighted by atomic mass is 32.1. The van der Waals surface area contributed by atoms with Crippen LogP contribution in [0.2, 0.25) is 0 Å². The first-order valence-electron chi connectivity index (χ1n) is 8.16. The molecule has 0 unspecified atom stereocenters. The van der Waals surface area contributed by atoms with Gasteiger partial charge >= 0.3 is 0 Å². The number of aryl methyl sites for hydroxylation is 1. The van der Waals surface area contributed by atoms with E-state index < -0.39 is 0 Å².